The second-order valence-corrected chi connectivity index (χ2v) is 13.0. The van der Waals surface area contributed by atoms with Gasteiger partial charge >= 0.3 is 0 Å². The lowest BCUT2D eigenvalue weighted by Gasteiger charge is -2.34. The molecule has 4 rings (SSSR count). The Balaban J connectivity index is 1.75. The second kappa shape index (κ2) is 14.1. The van der Waals surface area contributed by atoms with Crippen LogP contribution in [-0.4, -0.2) is 57.1 Å². The van der Waals surface area contributed by atoms with Crippen molar-refractivity contribution in [2.75, 3.05) is 24.2 Å². The largest absolute Gasteiger partial charge is 0.497 e. The topological polar surface area (TPSA) is 96.0 Å². The number of nitrogens with zero attached hydrogens (tertiary/aromatic N) is 2. The normalized spacial score (nSPS) is 14.3. The smallest absolute Gasteiger partial charge is 0.244 e. The van der Waals surface area contributed by atoms with E-state index >= 15 is 0 Å². The number of rotatable bonds is 12. The maximum absolute atomic E-state index is 14.3. The molecule has 3 aromatic carbocycles. The molecule has 1 aliphatic rings. The number of halogens is 1. The Bertz CT molecular complexity index is 1490. The van der Waals surface area contributed by atoms with E-state index in [4.69, 9.17) is 16.3 Å². The summed E-state index contributed by atoms with van der Waals surface area (Å²) < 4.78 is 32.5. The summed E-state index contributed by atoms with van der Waals surface area (Å²) in [6.07, 6.45) is 5.20. The fraction of sp³-hybridized carbons (Fsp3) is 0.375. The predicted octanol–water partition coefficient (Wildman–Crippen LogP) is 5.12. The highest BCUT2D eigenvalue weighted by Crippen LogP contribution is 2.29. The van der Waals surface area contributed by atoms with Gasteiger partial charge in [0.2, 0.25) is 21.8 Å². The number of nitrogens with one attached hydrogen (secondary N) is 1. The van der Waals surface area contributed by atoms with Crippen LogP contribution in [0.2, 0.25) is 5.02 Å². The molecule has 10 heteroatoms. The quantitative estimate of drug-likeness (QED) is 0.307. The molecule has 0 bridgehead atoms. The molecule has 0 spiro atoms. The zero-order chi connectivity index (χ0) is 30.3. The fourth-order valence-electron chi connectivity index (χ4n) is 5.35. The number of methoxy groups -OCH3 is 1. The number of amides is 2. The first-order valence-electron chi connectivity index (χ1n) is 14.1. The molecule has 42 heavy (non-hydrogen) atoms. The number of hydrogen-bond acceptors (Lipinski definition) is 5. The second-order valence-electron chi connectivity index (χ2n) is 10.7. The van der Waals surface area contributed by atoms with Gasteiger partial charge in [-0.05, 0) is 60.7 Å². The van der Waals surface area contributed by atoms with Gasteiger partial charge in [0.25, 0.3) is 0 Å². The van der Waals surface area contributed by atoms with Gasteiger partial charge in [-0.3, -0.25) is 13.9 Å². The van der Waals surface area contributed by atoms with E-state index in [2.05, 4.69) is 5.32 Å². The molecule has 0 saturated heterocycles. The Morgan fingerprint density at radius 2 is 1.67 bits per heavy atom. The van der Waals surface area contributed by atoms with E-state index in [1.54, 1.807) is 38.3 Å². The van der Waals surface area contributed by atoms with Crippen molar-refractivity contribution >= 4 is 39.1 Å². The summed E-state index contributed by atoms with van der Waals surface area (Å²) in [7, 11) is -2.32. The van der Waals surface area contributed by atoms with Crippen LogP contribution in [0.15, 0.2) is 72.8 Å². The van der Waals surface area contributed by atoms with Crippen molar-refractivity contribution in [3.8, 4) is 5.75 Å². The molecule has 0 unspecified atom stereocenters. The average Bonchev–Trinajstić information content (AvgIpc) is 3.48. The maximum atomic E-state index is 14.3. The summed E-state index contributed by atoms with van der Waals surface area (Å²) in [5.41, 5.74) is 2.49. The van der Waals surface area contributed by atoms with Gasteiger partial charge in [-0.15, -0.1) is 0 Å². The van der Waals surface area contributed by atoms with Crippen molar-refractivity contribution in [3.05, 3.63) is 94.5 Å². The minimum atomic E-state index is -3.89. The highest BCUT2D eigenvalue weighted by atomic mass is 35.5. The van der Waals surface area contributed by atoms with Gasteiger partial charge in [-0.25, -0.2) is 8.42 Å². The molecule has 0 aliphatic heterocycles. The van der Waals surface area contributed by atoms with Crippen molar-refractivity contribution in [1.82, 2.24) is 10.2 Å². The Kier molecular flexibility index (Phi) is 10.5. The van der Waals surface area contributed by atoms with Crippen LogP contribution in [0.3, 0.4) is 0 Å². The molecule has 8 nitrogen and oxygen atoms in total. The Hall–Kier alpha value is -3.56. The molecule has 1 saturated carbocycles. The molecule has 1 atom stereocenters. The highest BCUT2D eigenvalue weighted by Gasteiger charge is 2.34. The molecule has 0 radical (unpaired) electrons. The third kappa shape index (κ3) is 8.04. The van der Waals surface area contributed by atoms with Crippen LogP contribution in [-0.2, 0) is 32.6 Å². The predicted molar refractivity (Wildman–Crippen MR) is 166 cm³/mol. The number of carbonyl (C=O) groups is 2. The van der Waals surface area contributed by atoms with Crippen molar-refractivity contribution < 1.29 is 22.7 Å². The van der Waals surface area contributed by atoms with Crippen LogP contribution in [0.1, 0.15) is 42.4 Å². The van der Waals surface area contributed by atoms with Gasteiger partial charge in [-0.1, -0.05) is 73.0 Å². The maximum Gasteiger partial charge on any atom is 0.244 e. The fourth-order valence-corrected chi connectivity index (χ4v) is 6.42. The van der Waals surface area contributed by atoms with E-state index in [9.17, 15) is 18.0 Å². The molecule has 1 fully saturated rings. The number of anilines is 1. The molecule has 1 N–H and O–H groups in total. The zero-order valence-electron chi connectivity index (χ0n) is 24.3. The van der Waals surface area contributed by atoms with Crippen LogP contribution >= 0.6 is 11.6 Å². The molecule has 224 valence electrons. The summed E-state index contributed by atoms with van der Waals surface area (Å²) in [4.78, 5) is 29.7. The Morgan fingerprint density at radius 3 is 2.33 bits per heavy atom. The number of ether oxygens (including phenoxy) is 1. The summed E-state index contributed by atoms with van der Waals surface area (Å²) in [6.45, 7) is 1.30. The van der Waals surface area contributed by atoms with Crippen LogP contribution in [0.25, 0.3) is 0 Å². The van der Waals surface area contributed by atoms with Crippen molar-refractivity contribution in [2.45, 2.75) is 57.7 Å². The van der Waals surface area contributed by atoms with Crippen LogP contribution < -0.4 is 14.4 Å². The summed E-state index contributed by atoms with van der Waals surface area (Å²) in [5.74, 6) is -0.154. The van der Waals surface area contributed by atoms with Crippen LogP contribution in [0.5, 0.6) is 5.75 Å². The molecule has 0 heterocycles. The lowest BCUT2D eigenvalue weighted by Crippen LogP contribution is -2.54. The molecule has 3 aromatic rings. The Labute approximate surface area is 253 Å². The van der Waals surface area contributed by atoms with E-state index in [0.717, 1.165) is 47.4 Å². The van der Waals surface area contributed by atoms with Crippen LogP contribution in [0, 0.1) is 6.92 Å². The molecule has 2 amide bonds. The first-order valence-corrected chi connectivity index (χ1v) is 16.3. The van der Waals surface area contributed by atoms with Gasteiger partial charge in [0.05, 0.1) is 19.1 Å². The lowest BCUT2D eigenvalue weighted by molar-refractivity contribution is -0.140. The van der Waals surface area contributed by atoms with Crippen molar-refractivity contribution in [1.29, 1.82) is 0 Å². The van der Waals surface area contributed by atoms with Gasteiger partial charge < -0.3 is 15.0 Å². The van der Waals surface area contributed by atoms with Crippen LogP contribution in [0.4, 0.5) is 5.69 Å². The summed E-state index contributed by atoms with van der Waals surface area (Å²) in [6, 6.07) is 20.9. The SMILES string of the molecule is COc1cccc(CN(C(=O)CN(c2cccc(Cl)c2C)S(C)(=O)=O)[C@H](Cc2ccccc2)C(=O)NC2CCCC2)c1. The number of sulfonamides is 1. The van der Waals surface area contributed by atoms with E-state index in [1.165, 1.54) is 4.90 Å². The van der Waals surface area contributed by atoms with E-state index < -0.39 is 28.5 Å². The molecular formula is C32H38ClN3O5S. The Morgan fingerprint density at radius 1 is 1.00 bits per heavy atom. The van der Waals surface area contributed by atoms with Gasteiger partial charge in [-0.2, -0.15) is 0 Å². The minimum Gasteiger partial charge on any atom is -0.497 e. The van der Waals surface area contributed by atoms with Gasteiger partial charge in [0.1, 0.15) is 18.3 Å². The monoisotopic (exact) mass is 611 g/mol. The van der Waals surface area contributed by atoms with E-state index in [0.29, 0.717) is 22.0 Å². The van der Waals surface area contributed by atoms with Gasteiger partial charge in [0, 0.05) is 24.0 Å². The van der Waals surface area contributed by atoms with Gasteiger partial charge in [0.15, 0.2) is 0 Å². The molecule has 0 aromatic heterocycles. The average molecular weight is 612 g/mol. The van der Waals surface area contributed by atoms with Crippen molar-refractivity contribution in [3.63, 3.8) is 0 Å². The molecular weight excluding hydrogens is 574 g/mol. The summed E-state index contributed by atoms with van der Waals surface area (Å²) >= 11 is 6.32. The third-order valence-corrected chi connectivity index (χ3v) is 9.18. The number of carbonyl (C=O) groups excluding carboxylic acids is 2. The van der Waals surface area contributed by atoms with E-state index in [1.807, 2.05) is 48.5 Å². The summed E-state index contributed by atoms with van der Waals surface area (Å²) in [5, 5.41) is 3.56. The third-order valence-electron chi connectivity index (χ3n) is 7.65. The molecule has 1 aliphatic carbocycles. The standard InChI is InChI=1S/C32H38ClN3O5S/c1-23-28(33)17-10-18-29(23)36(42(3,39)40)22-31(37)35(21-25-13-9-16-27(19-25)41-2)30(20-24-11-5-4-6-12-24)32(38)34-26-14-7-8-15-26/h4-6,9-13,16-19,26,30H,7-8,14-15,20-22H2,1-3H3,(H,34,38)/t30-/m1/s1. The van der Waals surface area contributed by atoms with E-state index in [-0.39, 0.29) is 24.9 Å². The highest BCUT2D eigenvalue weighted by molar-refractivity contribution is 7.92. The zero-order valence-corrected chi connectivity index (χ0v) is 25.8. The number of benzene rings is 3. The number of hydrogen-bond donors (Lipinski definition) is 1. The van der Waals surface area contributed by atoms with Crippen molar-refractivity contribution in [2.24, 2.45) is 0 Å². The lowest BCUT2D eigenvalue weighted by atomic mass is 10.0. The minimum absolute atomic E-state index is 0.0474. The first kappa shape index (κ1) is 31.4. The first-order chi connectivity index (χ1) is 20.1.